The molecule has 6 nitrogen and oxygen atoms in total. The Morgan fingerprint density at radius 2 is 1.81 bits per heavy atom. The summed E-state index contributed by atoms with van der Waals surface area (Å²) in [5.74, 6) is 0.162. The summed E-state index contributed by atoms with van der Waals surface area (Å²) >= 11 is 1.29. The Labute approximate surface area is 191 Å². The van der Waals surface area contributed by atoms with Crippen molar-refractivity contribution in [2.24, 2.45) is 0 Å². The molecule has 1 amide bonds. The predicted octanol–water partition coefficient (Wildman–Crippen LogP) is 4.45. The normalized spacial score (nSPS) is 11.0. The topological polar surface area (TPSA) is 79.8 Å². The number of fused-ring (bicyclic) bond motifs is 1. The summed E-state index contributed by atoms with van der Waals surface area (Å²) in [6.45, 7) is 3.14. The number of unbranched alkanes of at least 4 members (excludes halogenated alkanes) is 1. The second-order valence-electron chi connectivity index (χ2n) is 7.57. The van der Waals surface area contributed by atoms with Gasteiger partial charge in [-0.25, -0.2) is 4.98 Å². The van der Waals surface area contributed by atoms with Crippen molar-refractivity contribution in [1.29, 1.82) is 0 Å². The summed E-state index contributed by atoms with van der Waals surface area (Å²) < 4.78 is 1.65. The van der Waals surface area contributed by atoms with Crippen molar-refractivity contribution in [1.82, 2.24) is 19.9 Å². The predicted molar refractivity (Wildman–Crippen MR) is 130 cm³/mol. The van der Waals surface area contributed by atoms with E-state index in [0.717, 1.165) is 29.7 Å². The van der Waals surface area contributed by atoms with E-state index in [-0.39, 0.29) is 17.2 Å². The number of amides is 1. The van der Waals surface area contributed by atoms with Crippen LogP contribution in [-0.4, -0.2) is 32.7 Å². The fourth-order valence-corrected chi connectivity index (χ4v) is 4.28. The number of rotatable bonds is 9. The first-order valence-electron chi connectivity index (χ1n) is 10.8. The Balaban J connectivity index is 1.69. The zero-order valence-corrected chi connectivity index (χ0v) is 18.8. The molecule has 0 unspecified atom stereocenters. The Morgan fingerprint density at radius 1 is 1.09 bits per heavy atom. The third kappa shape index (κ3) is 5.11. The number of thioether (sulfide) groups is 1. The first-order chi connectivity index (χ1) is 15.7. The number of nitrogens with zero attached hydrogens (tertiary/aromatic N) is 2. The van der Waals surface area contributed by atoms with Crippen LogP contribution in [0.5, 0.6) is 0 Å². The zero-order chi connectivity index (χ0) is 22.3. The van der Waals surface area contributed by atoms with Gasteiger partial charge >= 0.3 is 0 Å². The first-order valence-corrected chi connectivity index (χ1v) is 11.8. The van der Waals surface area contributed by atoms with Crippen molar-refractivity contribution in [3.63, 3.8) is 0 Å². The van der Waals surface area contributed by atoms with Gasteiger partial charge < -0.3 is 10.3 Å². The van der Waals surface area contributed by atoms with Crippen molar-refractivity contribution in [3.05, 3.63) is 82.6 Å². The van der Waals surface area contributed by atoms with Crippen molar-refractivity contribution in [2.75, 3.05) is 12.3 Å². The summed E-state index contributed by atoms with van der Waals surface area (Å²) in [5, 5.41) is 3.46. The third-order valence-electron chi connectivity index (χ3n) is 5.16. The van der Waals surface area contributed by atoms with Gasteiger partial charge in [0.1, 0.15) is 5.52 Å². The molecule has 4 aromatic rings. The summed E-state index contributed by atoms with van der Waals surface area (Å²) in [7, 11) is 0. The molecular weight excluding hydrogens is 420 g/mol. The smallest absolute Gasteiger partial charge is 0.278 e. The van der Waals surface area contributed by atoms with Gasteiger partial charge in [-0.1, -0.05) is 85.8 Å². The molecule has 2 N–H and O–H groups in total. The van der Waals surface area contributed by atoms with E-state index in [2.05, 4.69) is 17.2 Å². The van der Waals surface area contributed by atoms with E-state index in [0.29, 0.717) is 29.3 Å². The molecule has 0 aliphatic carbocycles. The number of carbonyl (C=O) groups excluding carboxylic acids is 1. The van der Waals surface area contributed by atoms with E-state index in [4.69, 9.17) is 4.98 Å². The minimum Gasteiger partial charge on any atom is -0.355 e. The number of hydrogen-bond acceptors (Lipinski definition) is 4. The van der Waals surface area contributed by atoms with Crippen LogP contribution in [0.3, 0.4) is 0 Å². The number of benzene rings is 2. The molecule has 2 heterocycles. The minimum absolute atomic E-state index is 0.0527. The van der Waals surface area contributed by atoms with Crippen LogP contribution in [0, 0.1) is 0 Å². The number of aromatic nitrogens is 3. The molecule has 0 radical (unpaired) electrons. The summed E-state index contributed by atoms with van der Waals surface area (Å²) in [4.78, 5) is 33.7. The lowest BCUT2D eigenvalue weighted by Gasteiger charge is -2.12. The van der Waals surface area contributed by atoms with Crippen LogP contribution in [0.1, 0.15) is 25.3 Å². The van der Waals surface area contributed by atoms with E-state index in [1.807, 2.05) is 66.7 Å². The molecule has 0 aliphatic heterocycles. The number of H-pyrrole nitrogens is 1. The summed E-state index contributed by atoms with van der Waals surface area (Å²) in [6.07, 6.45) is 1.98. The Morgan fingerprint density at radius 3 is 2.53 bits per heavy atom. The van der Waals surface area contributed by atoms with Crippen molar-refractivity contribution >= 4 is 28.7 Å². The quantitative estimate of drug-likeness (QED) is 0.226. The molecule has 0 aliphatic rings. The average molecular weight is 447 g/mol. The van der Waals surface area contributed by atoms with Gasteiger partial charge in [-0.05, 0) is 23.6 Å². The van der Waals surface area contributed by atoms with Crippen LogP contribution in [0.2, 0.25) is 0 Å². The van der Waals surface area contributed by atoms with Crippen molar-refractivity contribution < 1.29 is 4.79 Å². The average Bonchev–Trinajstić information content (AvgIpc) is 3.26. The molecule has 0 atom stereocenters. The van der Waals surface area contributed by atoms with Crippen LogP contribution in [0.4, 0.5) is 0 Å². The molecule has 2 aromatic carbocycles. The standard InChI is InChI=1S/C25H26N4O2S/c1-2-3-14-26-22(30)17-32-25-28-21-15-20(19-12-8-5-9-13-19)27-23(21)24(31)29(25)16-18-10-6-4-7-11-18/h4-13,15,27H,2-3,14,16-17H2,1H3,(H,26,30). The van der Waals surface area contributed by atoms with Crippen LogP contribution in [-0.2, 0) is 11.3 Å². The van der Waals surface area contributed by atoms with E-state index < -0.39 is 0 Å². The lowest BCUT2D eigenvalue weighted by molar-refractivity contribution is -0.118. The molecule has 7 heteroatoms. The largest absolute Gasteiger partial charge is 0.355 e. The molecule has 32 heavy (non-hydrogen) atoms. The summed E-state index contributed by atoms with van der Waals surface area (Å²) in [6, 6.07) is 21.5. The molecule has 2 aromatic heterocycles. The number of nitrogens with one attached hydrogen (secondary N) is 2. The fraction of sp³-hybridized carbons (Fsp3) is 0.240. The maximum absolute atomic E-state index is 13.4. The van der Waals surface area contributed by atoms with E-state index in [1.165, 1.54) is 11.8 Å². The lowest BCUT2D eigenvalue weighted by Crippen LogP contribution is -2.28. The molecule has 0 saturated heterocycles. The second-order valence-corrected chi connectivity index (χ2v) is 8.52. The Kier molecular flexibility index (Phi) is 7.07. The lowest BCUT2D eigenvalue weighted by atomic mass is 10.2. The van der Waals surface area contributed by atoms with Gasteiger partial charge in [0, 0.05) is 12.2 Å². The number of carbonyl (C=O) groups is 1. The molecule has 4 rings (SSSR count). The van der Waals surface area contributed by atoms with Gasteiger partial charge in [0.15, 0.2) is 5.16 Å². The maximum Gasteiger partial charge on any atom is 0.278 e. The molecule has 164 valence electrons. The van der Waals surface area contributed by atoms with Crippen molar-refractivity contribution in [3.8, 4) is 11.3 Å². The van der Waals surface area contributed by atoms with Crippen LogP contribution >= 0.6 is 11.8 Å². The highest BCUT2D eigenvalue weighted by molar-refractivity contribution is 7.99. The van der Waals surface area contributed by atoms with Crippen LogP contribution < -0.4 is 10.9 Å². The Bertz CT molecular complexity index is 1250. The highest BCUT2D eigenvalue weighted by atomic mass is 32.2. The van der Waals surface area contributed by atoms with Gasteiger partial charge in [0.2, 0.25) is 5.91 Å². The highest BCUT2D eigenvalue weighted by Gasteiger charge is 2.16. The minimum atomic E-state index is -0.144. The van der Waals surface area contributed by atoms with Crippen molar-refractivity contribution in [2.45, 2.75) is 31.5 Å². The van der Waals surface area contributed by atoms with Gasteiger partial charge in [-0.3, -0.25) is 14.2 Å². The van der Waals surface area contributed by atoms with Crippen LogP contribution in [0.15, 0.2) is 76.7 Å². The van der Waals surface area contributed by atoms with Gasteiger partial charge in [0.25, 0.3) is 5.56 Å². The van der Waals surface area contributed by atoms with E-state index in [9.17, 15) is 9.59 Å². The number of aromatic amines is 1. The van der Waals surface area contributed by atoms with Crippen LogP contribution in [0.25, 0.3) is 22.3 Å². The van der Waals surface area contributed by atoms with Gasteiger partial charge in [0.05, 0.1) is 17.8 Å². The zero-order valence-electron chi connectivity index (χ0n) is 18.0. The van der Waals surface area contributed by atoms with E-state index in [1.54, 1.807) is 4.57 Å². The van der Waals surface area contributed by atoms with Gasteiger partial charge in [-0.15, -0.1) is 0 Å². The molecule has 0 saturated carbocycles. The monoisotopic (exact) mass is 446 g/mol. The summed E-state index contributed by atoms with van der Waals surface area (Å²) in [5.41, 5.74) is 3.76. The molecule has 0 bridgehead atoms. The Hall–Kier alpha value is -3.32. The third-order valence-corrected chi connectivity index (χ3v) is 6.13. The molecule has 0 spiro atoms. The molecular formula is C25H26N4O2S. The SMILES string of the molecule is CCCCNC(=O)CSc1nc2cc(-c3ccccc3)[nH]c2c(=O)n1Cc1ccccc1. The maximum atomic E-state index is 13.4. The highest BCUT2D eigenvalue weighted by Crippen LogP contribution is 2.24. The fourth-order valence-electron chi connectivity index (χ4n) is 3.45. The second kappa shape index (κ2) is 10.3. The van der Waals surface area contributed by atoms with E-state index >= 15 is 0 Å². The first kappa shape index (κ1) is 21.9. The number of hydrogen-bond donors (Lipinski definition) is 2. The van der Waals surface area contributed by atoms with Gasteiger partial charge in [-0.2, -0.15) is 0 Å². The molecule has 0 fully saturated rings.